The van der Waals surface area contributed by atoms with E-state index < -0.39 is 0 Å². The van der Waals surface area contributed by atoms with Gasteiger partial charge in [0, 0.05) is 5.69 Å². The van der Waals surface area contributed by atoms with Crippen molar-refractivity contribution in [1.29, 1.82) is 0 Å². The van der Waals surface area contributed by atoms with Gasteiger partial charge in [0.15, 0.2) is 0 Å². The Morgan fingerprint density at radius 2 is 1.69 bits per heavy atom. The zero-order valence-corrected chi connectivity index (χ0v) is 7.79. The van der Waals surface area contributed by atoms with Crippen LogP contribution in [0.15, 0.2) is 18.2 Å². The monoisotopic (exact) mass is 173 g/mol. The summed E-state index contributed by atoms with van der Waals surface area (Å²) in [4.78, 5) is 0. The van der Waals surface area contributed by atoms with Gasteiger partial charge in [-0.1, -0.05) is 12.1 Å². The molecule has 0 bridgehead atoms. The van der Waals surface area contributed by atoms with Gasteiger partial charge in [-0.2, -0.15) is 0 Å². The van der Waals surface area contributed by atoms with E-state index in [0.717, 1.165) is 17.5 Å². The maximum absolute atomic E-state index is 6.03. The molecule has 13 heavy (non-hydrogen) atoms. The quantitative estimate of drug-likeness (QED) is 0.683. The number of hydrogen-bond acceptors (Lipinski definition) is 1. The summed E-state index contributed by atoms with van der Waals surface area (Å²) < 4.78 is 0. The fraction of sp³-hybridized carbons (Fsp3) is 0.500. The SMILES string of the molecule is Nc1cc(C2CC2)ccc1C1CC1. The lowest BCUT2D eigenvalue weighted by Gasteiger charge is -2.06. The van der Waals surface area contributed by atoms with Crippen molar-refractivity contribution >= 4 is 5.69 Å². The van der Waals surface area contributed by atoms with Crippen LogP contribution in [0.3, 0.4) is 0 Å². The second kappa shape index (κ2) is 2.50. The van der Waals surface area contributed by atoms with Gasteiger partial charge >= 0.3 is 0 Å². The van der Waals surface area contributed by atoms with Crippen molar-refractivity contribution in [2.75, 3.05) is 5.73 Å². The van der Waals surface area contributed by atoms with Gasteiger partial charge in [-0.3, -0.25) is 0 Å². The van der Waals surface area contributed by atoms with E-state index in [2.05, 4.69) is 18.2 Å². The Morgan fingerprint density at radius 1 is 1.00 bits per heavy atom. The minimum atomic E-state index is 0.785. The van der Waals surface area contributed by atoms with Gasteiger partial charge in [-0.15, -0.1) is 0 Å². The Balaban J connectivity index is 1.95. The molecule has 2 aliphatic carbocycles. The van der Waals surface area contributed by atoms with Gasteiger partial charge in [0.05, 0.1) is 0 Å². The van der Waals surface area contributed by atoms with Gasteiger partial charge in [0.2, 0.25) is 0 Å². The fourth-order valence-corrected chi connectivity index (χ4v) is 2.03. The average molecular weight is 173 g/mol. The molecule has 1 aromatic rings. The normalized spacial score (nSPS) is 21.8. The summed E-state index contributed by atoms with van der Waals surface area (Å²) in [5.41, 5.74) is 9.92. The molecule has 0 atom stereocenters. The predicted octanol–water partition coefficient (Wildman–Crippen LogP) is 3.02. The molecule has 0 heterocycles. The van der Waals surface area contributed by atoms with Crippen molar-refractivity contribution in [3.63, 3.8) is 0 Å². The first-order valence-corrected chi connectivity index (χ1v) is 5.24. The maximum Gasteiger partial charge on any atom is 0.0352 e. The minimum absolute atomic E-state index is 0.785. The molecule has 1 nitrogen and oxygen atoms in total. The lowest BCUT2D eigenvalue weighted by Crippen LogP contribution is -1.93. The van der Waals surface area contributed by atoms with Crippen LogP contribution in [0.5, 0.6) is 0 Å². The average Bonchev–Trinajstić information content (AvgIpc) is 3.00. The Kier molecular flexibility index (Phi) is 1.43. The number of hydrogen-bond donors (Lipinski definition) is 1. The van der Waals surface area contributed by atoms with Crippen molar-refractivity contribution < 1.29 is 0 Å². The van der Waals surface area contributed by atoms with Gasteiger partial charge in [0.25, 0.3) is 0 Å². The molecule has 0 spiro atoms. The molecule has 2 aliphatic rings. The van der Waals surface area contributed by atoms with Crippen molar-refractivity contribution in [1.82, 2.24) is 0 Å². The van der Waals surface area contributed by atoms with Crippen LogP contribution in [0, 0.1) is 0 Å². The van der Waals surface area contributed by atoms with E-state index in [9.17, 15) is 0 Å². The standard InChI is InChI=1S/C12H15N/c13-12-7-10(8-1-2-8)5-6-11(12)9-3-4-9/h5-9H,1-4,13H2. The molecule has 0 saturated heterocycles. The fourth-order valence-electron chi connectivity index (χ4n) is 2.03. The highest BCUT2D eigenvalue weighted by atomic mass is 14.6. The molecular formula is C12H15N. The number of nitrogens with two attached hydrogens (primary N) is 1. The van der Waals surface area contributed by atoms with Crippen molar-refractivity contribution in [3.8, 4) is 0 Å². The third-order valence-corrected chi connectivity index (χ3v) is 3.18. The molecule has 1 aromatic carbocycles. The third-order valence-electron chi connectivity index (χ3n) is 3.18. The first-order valence-electron chi connectivity index (χ1n) is 5.24. The molecule has 0 amide bonds. The van der Waals surface area contributed by atoms with E-state index in [0.29, 0.717) is 0 Å². The minimum Gasteiger partial charge on any atom is -0.398 e. The van der Waals surface area contributed by atoms with E-state index in [1.165, 1.54) is 36.8 Å². The van der Waals surface area contributed by atoms with Crippen molar-refractivity contribution in [2.45, 2.75) is 37.5 Å². The molecular weight excluding hydrogens is 158 g/mol. The van der Waals surface area contributed by atoms with E-state index in [1.54, 1.807) is 0 Å². The van der Waals surface area contributed by atoms with E-state index in [1.807, 2.05) is 0 Å². The number of nitrogen functional groups attached to an aromatic ring is 1. The van der Waals surface area contributed by atoms with Crippen LogP contribution in [-0.4, -0.2) is 0 Å². The van der Waals surface area contributed by atoms with Crippen molar-refractivity contribution in [3.05, 3.63) is 29.3 Å². The van der Waals surface area contributed by atoms with Gasteiger partial charge in [-0.05, 0) is 54.7 Å². The van der Waals surface area contributed by atoms with Crippen LogP contribution in [0.25, 0.3) is 0 Å². The lowest BCUT2D eigenvalue weighted by molar-refractivity contribution is 1.09. The van der Waals surface area contributed by atoms with E-state index >= 15 is 0 Å². The molecule has 0 aliphatic heterocycles. The smallest absolute Gasteiger partial charge is 0.0352 e. The van der Waals surface area contributed by atoms with E-state index in [4.69, 9.17) is 5.73 Å². The van der Waals surface area contributed by atoms with Crippen LogP contribution in [0.2, 0.25) is 0 Å². The Bertz CT molecular complexity index is 335. The highest BCUT2D eigenvalue weighted by Crippen LogP contribution is 2.45. The zero-order valence-electron chi connectivity index (χ0n) is 7.79. The van der Waals surface area contributed by atoms with Gasteiger partial charge < -0.3 is 5.73 Å². The summed E-state index contributed by atoms with van der Waals surface area (Å²) in [5.74, 6) is 1.61. The first kappa shape index (κ1) is 7.43. The number of anilines is 1. The summed E-state index contributed by atoms with van der Waals surface area (Å²) in [6.07, 6.45) is 5.41. The number of benzene rings is 1. The predicted molar refractivity (Wildman–Crippen MR) is 54.8 cm³/mol. The highest BCUT2D eigenvalue weighted by Gasteiger charge is 2.28. The summed E-state index contributed by atoms with van der Waals surface area (Å²) in [6, 6.07) is 6.73. The molecule has 68 valence electrons. The van der Waals surface area contributed by atoms with Crippen LogP contribution in [0.1, 0.15) is 48.6 Å². The molecule has 3 rings (SSSR count). The van der Waals surface area contributed by atoms with Crippen LogP contribution < -0.4 is 5.73 Å². The molecule has 1 heteroatoms. The summed E-state index contributed by atoms with van der Waals surface area (Å²) in [6.45, 7) is 0. The molecule has 2 N–H and O–H groups in total. The number of rotatable bonds is 2. The summed E-state index contributed by atoms with van der Waals surface area (Å²) >= 11 is 0. The Hall–Kier alpha value is -0.980. The largest absolute Gasteiger partial charge is 0.398 e. The van der Waals surface area contributed by atoms with Gasteiger partial charge in [0.1, 0.15) is 0 Å². The lowest BCUT2D eigenvalue weighted by atomic mass is 10.0. The molecule has 2 fully saturated rings. The zero-order chi connectivity index (χ0) is 8.84. The Morgan fingerprint density at radius 3 is 2.23 bits per heavy atom. The molecule has 2 saturated carbocycles. The summed E-state index contributed by atoms with van der Waals surface area (Å²) in [7, 11) is 0. The second-order valence-electron chi connectivity index (χ2n) is 4.44. The molecule has 0 unspecified atom stereocenters. The van der Waals surface area contributed by atoms with Gasteiger partial charge in [-0.25, -0.2) is 0 Å². The second-order valence-corrected chi connectivity index (χ2v) is 4.44. The van der Waals surface area contributed by atoms with Crippen molar-refractivity contribution in [2.24, 2.45) is 0 Å². The van der Waals surface area contributed by atoms with Crippen LogP contribution >= 0.6 is 0 Å². The van der Waals surface area contributed by atoms with Crippen LogP contribution in [-0.2, 0) is 0 Å². The Labute approximate surface area is 78.9 Å². The molecule has 0 radical (unpaired) electrons. The maximum atomic E-state index is 6.03. The third kappa shape index (κ3) is 1.32. The molecule has 0 aromatic heterocycles. The van der Waals surface area contributed by atoms with E-state index in [-0.39, 0.29) is 0 Å². The van der Waals surface area contributed by atoms with Crippen LogP contribution in [0.4, 0.5) is 5.69 Å². The first-order chi connectivity index (χ1) is 6.34. The summed E-state index contributed by atoms with van der Waals surface area (Å²) in [5, 5.41) is 0. The topological polar surface area (TPSA) is 26.0 Å². The highest BCUT2D eigenvalue weighted by molar-refractivity contribution is 5.53.